The van der Waals surface area contributed by atoms with Gasteiger partial charge in [-0.25, -0.2) is 9.97 Å². The Bertz CT molecular complexity index is 949. The molecule has 0 unspecified atom stereocenters. The Kier molecular flexibility index (Phi) is 5.42. The van der Waals surface area contributed by atoms with Crippen molar-refractivity contribution in [2.75, 3.05) is 10.6 Å². The number of nitrogens with one attached hydrogen (secondary N) is 2. The fourth-order valence-electron chi connectivity index (χ4n) is 2.49. The highest BCUT2D eigenvalue weighted by molar-refractivity contribution is 6.30. The van der Waals surface area contributed by atoms with E-state index in [0.29, 0.717) is 11.0 Å². The Labute approximate surface area is 163 Å². The van der Waals surface area contributed by atoms with Crippen molar-refractivity contribution in [2.24, 2.45) is 0 Å². The van der Waals surface area contributed by atoms with E-state index in [1.54, 1.807) is 18.2 Å². The van der Waals surface area contributed by atoms with Gasteiger partial charge in [-0.05, 0) is 47.4 Å². The van der Waals surface area contributed by atoms with Crippen LogP contribution in [0.15, 0.2) is 60.8 Å². The number of aromatic nitrogens is 2. The molecule has 2 aromatic carbocycles. The summed E-state index contributed by atoms with van der Waals surface area (Å²) in [6.45, 7) is 6.45. The zero-order valence-corrected chi connectivity index (χ0v) is 16.2. The van der Waals surface area contributed by atoms with Crippen molar-refractivity contribution >= 4 is 34.8 Å². The van der Waals surface area contributed by atoms with Gasteiger partial charge in [0.1, 0.15) is 5.69 Å². The van der Waals surface area contributed by atoms with Crippen LogP contribution >= 0.6 is 11.6 Å². The first-order chi connectivity index (χ1) is 12.8. The summed E-state index contributed by atoms with van der Waals surface area (Å²) in [5.41, 5.74) is 3.01. The summed E-state index contributed by atoms with van der Waals surface area (Å²) in [4.78, 5) is 20.9. The molecular weight excluding hydrogens is 360 g/mol. The Morgan fingerprint density at radius 3 is 2.41 bits per heavy atom. The molecule has 0 aliphatic heterocycles. The molecule has 0 saturated carbocycles. The maximum Gasteiger partial charge on any atom is 0.274 e. The molecule has 2 N–H and O–H groups in total. The average molecular weight is 381 g/mol. The van der Waals surface area contributed by atoms with Crippen LogP contribution in [0.4, 0.5) is 17.3 Å². The van der Waals surface area contributed by atoms with E-state index in [4.69, 9.17) is 11.6 Å². The quantitative estimate of drug-likeness (QED) is 0.633. The van der Waals surface area contributed by atoms with Gasteiger partial charge in [-0.3, -0.25) is 4.79 Å². The average Bonchev–Trinajstić information content (AvgIpc) is 2.62. The minimum Gasteiger partial charge on any atom is -0.324 e. The largest absolute Gasteiger partial charge is 0.324 e. The second kappa shape index (κ2) is 7.76. The van der Waals surface area contributed by atoms with Crippen molar-refractivity contribution in [3.8, 4) is 0 Å². The van der Waals surface area contributed by atoms with Crippen LogP contribution < -0.4 is 10.6 Å². The maximum absolute atomic E-state index is 12.5. The van der Waals surface area contributed by atoms with Crippen molar-refractivity contribution in [3.63, 3.8) is 0 Å². The van der Waals surface area contributed by atoms with Crippen LogP contribution in [-0.2, 0) is 5.41 Å². The first-order valence-corrected chi connectivity index (χ1v) is 8.96. The Hall–Kier alpha value is -2.92. The highest BCUT2D eigenvalue weighted by Crippen LogP contribution is 2.23. The lowest BCUT2D eigenvalue weighted by Gasteiger charge is -2.19. The summed E-state index contributed by atoms with van der Waals surface area (Å²) < 4.78 is 0. The van der Waals surface area contributed by atoms with Gasteiger partial charge in [0.25, 0.3) is 5.91 Å². The van der Waals surface area contributed by atoms with Gasteiger partial charge >= 0.3 is 0 Å². The summed E-state index contributed by atoms with van der Waals surface area (Å²) in [5, 5.41) is 6.50. The van der Waals surface area contributed by atoms with Crippen molar-refractivity contribution < 1.29 is 4.79 Å². The highest BCUT2D eigenvalue weighted by atomic mass is 35.5. The van der Waals surface area contributed by atoms with E-state index in [1.165, 1.54) is 11.8 Å². The fraction of sp³-hybridized carbons (Fsp3) is 0.190. The summed E-state index contributed by atoms with van der Waals surface area (Å²) in [6.07, 6.45) is 1.54. The fourth-order valence-corrected chi connectivity index (χ4v) is 2.68. The number of nitrogens with zero attached hydrogens (tertiary/aromatic N) is 2. The number of hydrogen-bond donors (Lipinski definition) is 2. The van der Waals surface area contributed by atoms with E-state index >= 15 is 0 Å². The molecule has 6 heteroatoms. The van der Waals surface area contributed by atoms with Gasteiger partial charge in [0.15, 0.2) is 0 Å². The molecule has 0 atom stereocenters. The second-order valence-electron chi connectivity index (χ2n) is 7.18. The first-order valence-electron chi connectivity index (χ1n) is 8.59. The monoisotopic (exact) mass is 380 g/mol. The molecule has 1 aromatic heterocycles. The van der Waals surface area contributed by atoms with Gasteiger partial charge in [0.2, 0.25) is 5.95 Å². The molecule has 138 valence electrons. The predicted octanol–water partition coefficient (Wildman–Crippen LogP) is 5.42. The zero-order chi connectivity index (χ0) is 19.4. The van der Waals surface area contributed by atoms with Crippen LogP contribution in [-0.4, -0.2) is 15.9 Å². The zero-order valence-electron chi connectivity index (χ0n) is 15.5. The topological polar surface area (TPSA) is 66.9 Å². The maximum atomic E-state index is 12.5. The number of anilines is 3. The molecule has 1 heterocycles. The molecule has 0 spiro atoms. The predicted molar refractivity (Wildman–Crippen MR) is 110 cm³/mol. The summed E-state index contributed by atoms with van der Waals surface area (Å²) in [7, 11) is 0. The van der Waals surface area contributed by atoms with Gasteiger partial charge in [0, 0.05) is 22.6 Å². The number of rotatable bonds is 4. The molecule has 5 nitrogen and oxygen atoms in total. The summed E-state index contributed by atoms with van der Waals surface area (Å²) in [5.74, 6) is 0.0306. The number of benzene rings is 2. The SMILES string of the molecule is CC(C)(C)c1ccc(NC(=O)c2ccnc(Nc3cccc(Cl)c3)n2)cc1. The molecule has 0 bridgehead atoms. The summed E-state index contributed by atoms with van der Waals surface area (Å²) in [6, 6.07) is 16.6. The van der Waals surface area contributed by atoms with Gasteiger partial charge in [-0.1, -0.05) is 50.6 Å². The molecule has 0 saturated heterocycles. The normalized spacial score (nSPS) is 11.1. The molecule has 3 aromatic rings. The van der Waals surface area contributed by atoms with Gasteiger partial charge in [0.05, 0.1) is 0 Å². The van der Waals surface area contributed by atoms with E-state index in [1.807, 2.05) is 36.4 Å². The lowest BCUT2D eigenvalue weighted by molar-refractivity contribution is 0.102. The third-order valence-electron chi connectivity index (χ3n) is 3.98. The van der Waals surface area contributed by atoms with Crippen molar-refractivity contribution in [1.29, 1.82) is 0 Å². The minimum atomic E-state index is -0.296. The second-order valence-corrected chi connectivity index (χ2v) is 7.62. The van der Waals surface area contributed by atoms with E-state index < -0.39 is 0 Å². The minimum absolute atomic E-state index is 0.0656. The molecule has 0 radical (unpaired) electrons. The molecular formula is C21H21ClN4O. The Morgan fingerprint density at radius 1 is 1.00 bits per heavy atom. The van der Waals surface area contributed by atoms with E-state index in [2.05, 4.69) is 41.4 Å². The number of halogens is 1. The van der Waals surface area contributed by atoms with E-state index in [0.717, 1.165) is 11.4 Å². The summed E-state index contributed by atoms with van der Waals surface area (Å²) >= 11 is 5.98. The van der Waals surface area contributed by atoms with Crippen LogP contribution in [0.2, 0.25) is 5.02 Å². The number of carbonyl (C=O) groups excluding carboxylic acids is 1. The third kappa shape index (κ3) is 5.05. The van der Waals surface area contributed by atoms with E-state index in [-0.39, 0.29) is 17.0 Å². The molecule has 0 aliphatic rings. The lowest BCUT2D eigenvalue weighted by Crippen LogP contribution is -2.15. The van der Waals surface area contributed by atoms with Crippen LogP contribution in [0.3, 0.4) is 0 Å². The van der Waals surface area contributed by atoms with Crippen LogP contribution in [0, 0.1) is 0 Å². The molecule has 3 rings (SSSR count). The molecule has 1 amide bonds. The van der Waals surface area contributed by atoms with E-state index in [9.17, 15) is 4.79 Å². The number of amides is 1. The standard InChI is InChI=1S/C21H21ClN4O/c1-21(2,3)14-7-9-16(10-8-14)24-19(27)18-11-12-23-20(26-18)25-17-6-4-5-15(22)13-17/h4-13H,1-3H3,(H,24,27)(H,23,25,26). The Balaban J connectivity index is 1.72. The van der Waals surface area contributed by atoms with Crippen LogP contribution in [0.25, 0.3) is 0 Å². The van der Waals surface area contributed by atoms with Crippen LogP contribution in [0.5, 0.6) is 0 Å². The van der Waals surface area contributed by atoms with Crippen molar-refractivity contribution in [2.45, 2.75) is 26.2 Å². The first kappa shape index (κ1) is 18.9. The van der Waals surface area contributed by atoms with Crippen LogP contribution in [0.1, 0.15) is 36.8 Å². The van der Waals surface area contributed by atoms with Gasteiger partial charge in [-0.2, -0.15) is 0 Å². The lowest BCUT2D eigenvalue weighted by atomic mass is 9.87. The van der Waals surface area contributed by atoms with Crippen molar-refractivity contribution in [3.05, 3.63) is 77.1 Å². The third-order valence-corrected chi connectivity index (χ3v) is 4.21. The highest BCUT2D eigenvalue weighted by Gasteiger charge is 2.14. The number of carbonyl (C=O) groups is 1. The van der Waals surface area contributed by atoms with Crippen molar-refractivity contribution in [1.82, 2.24) is 9.97 Å². The smallest absolute Gasteiger partial charge is 0.274 e. The Morgan fingerprint density at radius 2 is 1.74 bits per heavy atom. The van der Waals surface area contributed by atoms with Gasteiger partial charge < -0.3 is 10.6 Å². The number of hydrogen-bond acceptors (Lipinski definition) is 4. The molecule has 0 aliphatic carbocycles. The van der Waals surface area contributed by atoms with Gasteiger partial charge in [-0.15, -0.1) is 0 Å². The molecule has 27 heavy (non-hydrogen) atoms. The molecule has 0 fully saturated rings.